The first-order valence-corrected chi connectivity index (χ1v) is 15.6. The number of oxazole rings is 1. The molecule has 0 saturated carbocycles. The fourth-order valence-corrected chi connectivity index (χ4v) is 6.29. The van der Waals surface area contributed by atoms with E-state index < -0.39 is 0 Å². The van der Waals surface area contributed by atoms with E-state index in [2.05, 4.69) is 72.8 Å². The first-order chi connectivity index (χ1) is 23.3. The van der Waals surface area contributed by atoms with Gasteiger partial charge in [-0.15, -0.1) is 0 Å². The van der Waals surface area contributed by atoms with Gasteiger partial charge in [0.2, 0.25) is 5.89 Å². The van der Waals surface area contributed by atoms with Gasteiger partial charge < -0.3 is 4.42 Å². The predicted molar refractivity (Wildman–Crippen MR) is 190 cm³/mol. The zero-order valence-corrected chi connectivity index (χ0v) is 25.2. The molecule has 0 bridgehead atoms. The molecule has 0 atom stereocenters. The fraction of sp³-hybridized carbons (Fsp3) is 0. The van der Waals surface area contributed by atoms with Crippen molar-refractivity contribution in [3.05, 3.63) is 158 Å². The Labute approximate surface area is 270 Å². The van der Waals surface area contributed by atoms with Gasteiger partial charge in [-0.1, -0.05) is 140 Å². The van der Waals surface area contributed by atoms with Crippen molar-refractivity contribution in [2.75, 3.05) is 0 Å². The first kappa shape index (κ1) is 26.9. The zero-order valence-electron chi connectivity index (χ0n) is 25.2. The van der Waals surface area contributed by atoms with Gasteiger partial charge in [-0.2, -0.15) is 0 Å². The molecule has 0 aliphatic carbocycles. The molecule has 0 radical (unpaired) electrons. The molecule has 9 aromatic rings. The average molecular weight is 603 g/mol. The molecule has 0 amide bonds. The molecular weight excluding hydrogens is 576 g/mol. The molecular formula is C42H26N4O. The minimum Gasteiger partial charge on any atom is -0.436 e. The minimum atomic E-state index is 0.600. The number of hydrogen-bond acceptors (Lipinski definition) is 5. The van der Waals surface area contributed by atoms with Crippen LogP contribution in [0.25, 0.3) is 89.4 Å². The van der Waals surface area contributed by atoms with Crippen LogP contribution in [0.3, 0.4) is 0 Å². The number of nitrogens with zero attached hydrogens (tertiary/aromatic N) is 4. The van der Waals surface area contributed by atoms with Crippen LogP contribution in [0.15, 0.2) is 162 Å². The number of fused-ring (bicyclic) bond motifs is 4. The Morgan fingerprint density at radius 3 is 1.64 bits per heavy atom. The number of aromatic nitrogens is 4. The Morgan fingerprint density at radius 1 is 0.362 bits per heavy atom. The molecule has 0 N–H and O–H groups in total. The van der Waals surface area contributed by atoms with Crippen molar-refractivity contribution in [2.24, 2.45) is 0 Å². The van der Waals surface area contributed by atoms with Crippen molar-refractivity contribution in [3.8, 4) is 56.7 Å². The molecule has 0 fully saturated rings. The van der Waals surface area contributed by atoms with E-state index in [1.807, 2.05) is 84.9 Å². The second-order valence-corrected chi connectivity index (χ2v) is 11.5. The average Bonchev–Trinajstić information content (AvgIpc) is 3.60. The van der Waals surface area contributed by atoms with Gasteiger partial charge in [0, 0.05) is 27.8 Å². The molecule has 0 unspecified atom stereocenters. The maximum atomic E-state index is 6.47. The van der Waals surface area contributed by atoms with Crippen molar-refractivity contribution in [1.29, 1.82) is 0 Å². The molecule has 0 aliphatic heterocycles. The molecule has 5 heteroatoms. The molecule has 47 heavy (non-hydrogen) atoms. The van der Waals surface area contributed by atoms with E-state index in [9.17, 15) is 0 Å². The van der Waals surface area contributed by atoms with Crippen molar-refractivity contribution in [3.63, 3.8) is 0 Å². The maximum Gasteiger partial charge on any atom is 0.227 e. The van der Waals surface area contributed by atoms with E-state index in [1.54, 1.807) is 0 Å². The molecule has 0 saturated heterocycles. The standard InChI is InChI=1S/C42H26N4O/c1-3-13-27(14-4-1)39-44-40(28-15-5-2-6-16-28)46-41(45-39)31-19-11-18-29(25-31)33-23-12-24-37-38(33)43-42(47-37)36-26-30-17-7-8-20-32(30)34-21-9-10-22-35(34)36/h1-26H. The molecule has 7 aromatic carbocycles. The minimum absolute atomic E-state index is 0.600. The van der Waals surface area contributed by atoms with Crippen LogP contribution in [-0.2, 0) is 0 Å². The van der Waals surface area contributed by atoms with Gasteiger partial charge in [0.25, 0.3) is 0 Å². The lowest BCUT2D eigenvalue weighted by Crippen LogP contribution is -2.00. The van der Waals surface area contributed by atoms with Crippen LogP contribution in [-0.4, -0.2) is 19.9 Å². The highest BCUT2D eigenvalue weighted by molar-refractivity contribution is 6.13. The summed E-state index contributed by atoms with van der Waals surface area (Å²) in [4.78, 5) is 19.8. The lowest BCUT2D eigenvalue weighted by molar-refractivity contribution is 0.621. The Hall–Kier alpha value is -6.46. The van der Waals surface area contributed by atoms with E-state index in [-0.39, 0.29) is 0 Å². The van der Waals surface area contributed by atoms with Crippen molar-refractivity contribution >= 4 is 32.6 Å². The molecule has 9 rings (SSSR count). The summed E-state index contributed by atoms with van der Waals surface area (Å²) in [6.45, 7) is 0. The SMILES string of the molecule is c1ccc(-c2nc(-c3ccccc3)nc(-c3cccc(-c4cccc5oc(-c6cc7ccccc7c7ccccc67)nc45)c3)n2)cc1. The summed E-state index contributed by atoms with van der Waals surface area (Å²) >= 11 is 0. The summed E-state index contributed by atoms with van der Waals surface area (Å²) in [5, 5.41) is 4.65. The van der Waals surface area contributed by atoms with Gasteiger partial charge >= 0.3 is 0 Å². The van der Waals surface area contributed by atoms with Crippen LogP contribution in [0.5, 0.6) is 0 Å². The summed E-state index contributed by atoms with van der Waals surface area (Å²) in [5.41, 5.74) is 7.25. The van der Waals surface area contributed by atoms with Crippen molar-refractivity contribution in [2.45, 2.75) is 0 Å². The summed E-state index contributed by atoms with van der Waals surface area (Å²) < 4.78 is 6.47. The van der Waals surface area contributed by atoms with E-state index in [1.165, 1.54) is 10.8 Å². The van der Waals surface area contributed by atoms with E-state index >= 15 is 0 Å². The van der Waals surface area contributed by atoms with E-state index in [4.69, 9.17) is 24.4 Å². The van der Waals surface area contributed by atoms with Gasteiger partial charge in [-0.05, 0) is 45.3 Å². The summed E-state index contributed by atoms with van der Waals surface area (Å²) in [6.07, 6.45) is 0. The lowest BCUT2D eigenvalue weighted by atomic mass is 9.97. The summed E-state index contributed by atoms with van der Waals surface area (Å²) in [7, 11) is 0. The number of hydrogen-bond donors (Lipinski definition) is 0. The molecule has 0 spiro atoms. The Balaban J connectivity index is 1.18. The fourth-order valence-electron chi connectivity index (χ4n) is 6.29. The molecule has 2 aromatic heterocycles. The van der Waals surface area contributed by atoms with Crippen LogP contribution in [0.2, 0.25) is 0 Å². The highest BCUT2D eigenvalue weighted by atomic mass is 16.3. The monoisotopic (exact) mass is 602 g/mol. The summed E-state index contributed by atoms with van der Waals surface area (Å²) in [6, 6.07) is 53.5. The van der Waals surface area contributed by atoms with Gasteiger partial charge in [0.1, 0.15) is 5.52 Å². The van der Waals surface area contributed by atoms with Gasteiger partial charge in [-0.3, -0.25) is 0 Å². The lowest BCUT2D eigenvalue weighted by Gasteiger charge is -2.09. The van der Waals surface area contributed by atoms with Gasteiger partial charge in [0.05, 0.1) is 0 Å². The van der Waals surface area contributed by atoms with Crippen LogP contribution in [0.1, 0.15) is 0 Å². The number of benzene rings is 7. The van der Waals surface area contributed by atoms with Crippen LogP contribution < -0.4 is 0 Å². The third-order valence-electron chi connectivity index (χ3n) is 8.55. The third kappa shape index (κ3) is 4.82. The summed E-state index contributed by atoms with van der Waals surface area (Å²) in [5.74, 6) is 2.47. The second kappa shape index (κ2) is 11.2. The van der Waals surface area contributed by atoms with Gasteiger partial charge in [0.15, 0.2) is 23.1 Å². The molecule has 5 nitrogen and oxygen atoms in total. The second-order valence-electron chi connectivity index (χ2n) is 11.5. The van der Waals surface area contributed by atoms with Crippen molar-refractivity contribution in [1.82, 2.24) is 19.9 Å². The largest absolute Gasteiger partial charge is 0.436 e. The number of rotatable bonds is 5. The number of para-hydroxylation sites is 1. The Morgan fingerprint density at radius 2 is 0.915 bits per heavy atom. The quantitative estimate of drug-likeness (QED) is 0.183. The van der Waals surface area contributed by atoms with Gasteiger partial charge in [-0.25, -0.2) is 19.9 Å². The molecule has 2 heterocycles. The molecule has 220 valence electrons. The smallest absolute Gasteiger partial charge is 0.227 e. The zero-order chi connectivity index (χ0) is 31.2. The maximum absolute atomic E-state index is 6.47. The topological polar surface area (TPSA) is 64.7 Å². The van der Waals surface area contributed by atoms with Crippen LogP contribution in [0.4, 0.5) is 0 Å². The van der Waals surface area contributed by atoms with Crippen LogP contribution in [0, 0.1) is 0 Å². The normalized spacial score (nSPS) is 11.4. The predicted octanol–water partition coefficient (Wildman–Crippen LogP) is 10.7. The molecule has 0 aliphatic rings. The van der Waals surface area contributed by atoms with Crippen molar-refractivity contribution < 1.29 is 4.42 Å². The Kier molecular flexibility index (Phi) is 6.39. The van der Waals surface area contributed by atoms with E-state index in [0.29, 0.717) is 23.4 Å². The third-order valence-corrected chi connectivity index (χ3v) is 8.55. The van der Waals surface area contributed by atoms with E-state index in [0.717, 1.165) is 55.3 Å². The first-order valence-electron chi connectivity index (χ1n) is 15.6. The Bertz CT molecular complexity index is 2520. The highest BCUT2D eigenvalue weighted by Crippen LogP contribution is 2.38. The van der Waals surface area contributed by atoms with Crippen LogP contribution >= 0.6 is 0 Å². The highest BCUT2D eigenvalue weighted by Gasteiger charge is 2.18.